The average Bonchev–Trinajstić information content (AvgIpc) is 1.68. The van der Waals surface area contributed by atoms with E-state index in [1.165, 1.54) is 167 Å². The molecule has 0 radical (unpaired) electrons. The van der Waals surface area contributed by atoms with Gasteiger partial charge in [0.1, 0.15) is 0 Å². The fourth-order valence-electron chi connectivity index (χ4n) is 18.7. The molecular formula is C77H78BN5. The Morgan fingerprint density at radius 3 is 1.72 bits per heavy atom. The highest BCUT2D eigenvalue weighted by atomic mass is 15.3. The van der Waals surface area contributed by atoms with Gasteiger partial charge in [-0.15, -0.1) is 0 Å². The van der Waals surface area contributed by atoms with Crippen LogP contribution in [0.2, 0.25) is 0 Å². The lowest BCUT2D eigenvalue weighted by Crippen LogP contribution is -2.61. The second kappa shape index (κ2) is 16.0. The molecular weight excluding hydrogens is 1010 g/mol. The predicted octanol–water partition coefficient (Wildman–Crippen LogP) is 18.3. The molecule has 3 aliphatic carbocycles. The molecule has 4 atom stereocenters. The molecule has 414 valence electrons. The van der Waals surface area contributed by atoms with E-state index in [-0.39, 0.29) is 44.9 Å². The minimum atomic E-state index is -0.254. The number of nitrogens with zero attached hydrogens (tertiary/aromatic N) is 4. The Hall–Kier alpha value is -7.44. The van der Waals surface area contributed by atoms with E-state index in [4.69, 9.17) is 0 Å². The molecule has 1 N–H and O–H groups in total. The van der Waals surface area contributed by atoms with E-state index in [1.807, 2.05) is 0 Å². The fourth-order valence-corrected chi connectivity index (χ4v) is 18.7. The van der Waals surface area contributed by atoms with Crippen LogP contribution in [-0.4, -0.2) is 27.3 Å². The number of nitrogens with one attached hydrogen (secondary N) is 1. The molecule has 17 rings (SSSR count). The molecule has 0 saturated heterocycles. The number of aromatic nitrogens is 2. The van der Waals surface area contributed by atoms with Gasteiger partial charge in [-0.25, -0.2) is 0 Å². The third-order valence-corrected chi connectivity index (χ3v) is 23.5. The van der Waals surface area contributed by atoms with Crippen LogP contribution in [0.4, 0.5) is 39.8 Å². The lowest BCUT2D eigenvalue weighted by Gasteiger charge is -2.51. The summed E-state index contributed by atoms with van der Waals surface area (Å²) in [5.41, 5.74) is 29.1. The van der Waals surface area contributed by atoms with E-state index in [0.717, 1.165) is 23.9 Å². The summed E-state index contributed by atoms with van der Waals surface area (Å²) in [6.45, 7) is 29.7. The number of aromatic amines is 1. The van der Waals surface area contributed by atoms with Crippen molar-refractivity contribution in [3.8, 4) is 16.8 Å². The average molecular weight is 1080 g/mol. The van der Waals surface area contributed by atoms with Crippen LogP contribution >= 0.6 is 0 Å². The Bertz CT molecular complexity index is 4520. The van der Waals surface area contributed by atoms with Crippen molar-refractivity contribution in [1.29, 1.82) is 0 Å². The quantitative estimate of drug-likeness (QED) is 0.179. The van der Waals surface area contributed by atoms with Gasteiger partial charge in [-0.3, -0.25) is 0 Å². The molecule has 2 aromatic heterocycles. The second-order valence-corrected chi connectivity index (χ2v) is 30.0. The summed E-state index contributed by atoms with van der Waals surface area (Å²) in [4.78, 5) is 12.4. The van der Waals surface area contributed by atoms with Crippen LogP contribution in [0.15, 0.2) is 152 Å². The summed E-state index contributed by atoms with van der Waals surface area (Å²) in [5, 5.41) is 3.87. The lowest BCUT2D eigenvalue weighted by molar-refractivity contribution is 0.195. The van der Waals surface area contributed by atoms with Crippen LogP contribution in [0.5, 0.6) is 0 Å². The molecule has 6 heteroatoms. The Labute approximate surface area is 491 Å². The molecule has 7 aliphatic rings. The number of anilines is 7. The van der Waals surface area contributed by atoms with Crippen LogP contribution in [-0.2, 0) is 27.1 Å². The van der Waals surface area contributed by atoms with Gasteiger partial charge in [-0.1, -0.05) is 192 Å². The maximum Gasteiger partial charge on any atom is 0.252 e. The molecule has 8 aromatic carbocycles. The van der Waals surface area contributed by atoms with Gasteiger partial charge in [-0.05, 0) is 155 Å². The minimum Gasteiger partial charge on any atom is -0.354 e. The third kappa shape index (κ3) is 6.11. The van der Waals surface area contributed by atoms with Crippen molar-refractivity contribution < 1.29 is 0 Å². The van der Waals surface area contributed by atoms with Gasteiger partial charge in [0.05, 0.1) is 16.8 Å². The van der Waals surface area contributed by atoms with Crippen LogP contribution in [0.1, 0.15) is 168 Å². The summed E-state index contributed by atoms with van der Waals surface area (Å²) in [7, 11) is 0. The standard InChI is InChI=1S/C77H78BN5/c1-71(2,3)46-31-35-60-54(41-46)74(9)37-17-19-39-76(74,11)82(60)48-33-34-56-63(43-48)80(62-30-22-29-59-67(62)51-24-14-16-28-58(51)79-59)64-44-49(83-61-36-32-47(72(4,5)6)42-55(61)75(10)38-18-20-40-77(75,83)12)45-65-68(64)78(56)57-27-21-25-52-66-50-23-13-15-26-53(50)73(7,8)70(66)81(65)69(52)57/h13-16,21-36,41-45,79H,17-20,37-40H2,1-12H3. The molecule has 83 heavy (non-hydrogen) atoms. The molecule has 10 aromatic rings. The van der Waals surface area contributed by atoms with E-state index in [9.17, 15) is 0 Å². The number of H-pyrrole nitrogens is 1. The van der Waals surface area contributed by atoms with Crippen LogP contribution in [0.3, 0.4) is 0 Å². The van der Waals surface area contributed by atoms with Gasteiger partial charge in [-0.2, -0.15) is 0 Å². The van der Waals surface area contributed by atoms with E-state index in [1.54, 1.807) is 0 Å². The normalized spacial score (nSPS) is 24.2. The molecule has 0 amide bonds. The van der Waals surface area contributed by atoms with Crippen molar-refractivity contribution >= 4 is 95.6 Å². The van der Waals surface area contributed by atoms with Crippen molar-refractivity contribution in [1.82, 2.24) is 9.55 Å². The first kappa shape index (κ1) is 50.1. The number of benzene rings is 8. The maximum absolute atomic E-state index is 3.91. The van der Waals surface area contributed by atoms with Gasteiger partial charge >= 0.3 is 0 Å². The lowest BCUT2D eigenvalue weighted by atomic mass is 9.33. The number of fused-ring (bicyclic) bond motifs is 18. The smallest absolute Gasteiger partial charge is 0.252 e. The van der Waals surface area contributed by atoms with Gasteiger partial charge in [0, 0.05) is 100 Å². The van der Waals surface area contributed by atoms with Crippen molar-refractivity contribution in [2.45, 2.75) is 173 Å². The zero-order valence-corrected chi connectivity index (χ0v) is 51.0. The number of rotatable bonds is 3. The highest BCUT2D eigenvalue weighted by Crippen LogP contribution is 2.65. The van der Waals surface area contributed by atoms with Gasteiger partial charge < -0.3 is 24.3 Å². The SMILES string of the molecule is CC(C)(C)c1ccc2c(c1)C1(C)CCCCC1(C)N2c1ccc2c(c1)N(c1cccc3[nH]c4ccccc4c13)c1cc(N3c4ccc(C(C)(C)C)cc4C4(C)CCCCC34C)cc3c1B2c1cccc2c4c(n-3c12)C(C)(C)c1ccccc1-4. The van der Waals surface area contributed by atoms with E-state index < -0.39 is 0 Å². The zero-order valence-electron chi connectivity index (χ0n) is 51.0. The topological polar surface area (TPSA) is 30.4 Å². The molecule has 2 saturated carbocycles. The molecule has 6 heterocycles. The first-order valence-electron chi connectivity index (χ1n) is 31.5. The zero-order chi connectivity index (χ0) is 56.9. The highest BCUT2D eigenvalue weighted by Gasteiger charge is 2.60. The fraction of sp³-hybridized carbons (Fsp3) is 0.351. The first-order chi connectivity index (χ1) is 39.7. The van der Waals surface area contributed by atoms with Crippen LogP contribution in [0, 0.1) is 0 Å². The van der Waals surface area contributed by atoms with Gasteiger partial charge in [0.25, 0.3) is 6.71 Å². The van der Waals surface area contributed by atoms with Gasteiger partial charge in [0.15, 0.2) is 0 Å². The summed E-state index contributed by atoms with van der Waals surface area (Å²) < 4.78 is 2.79. The summed E-state index contributed by atoms with van der Waals surface area (Å²) >= 11 is 0. The second-order valence-electron chi connectivity index (χ2n) is 30.0. The first-order valence-corrected chi connectivity index (χ1v) is 31.5. The predicted molar refractivity (Wildman–Crippen MR) is 353 cm³/mol. The molecule has 0 bridgehead atoms. The largest absolute Gasteiger partial charge is 0.354 e. The monoisotopic (exact) mass is 1080 g/mol. The van der Waals surface area contributed by atoms with Gasteiger partial charge in [0.2, 0.25) is 0 Å². The molecule has 4 unspecified atom stereocenters. The molecule has 5 nitrogen and oxygen atoms in total. The van der Waals surface area contributed by atoms with Crippen molar-refractivity contribution in [2.24, 2.45) is 0 Å². The third-order valence-electron chi connectivity index (χ3n) is 23.5. The van der Waals surface area contributed by atoms with E-state index in [2.05, 4.69) is 259 Å². The summed E-state index contributed by atoms with van der Waals surface area (Å²) in [6.07, 6.45) is 9.58. The minimum absolute atomic E-state index is 0.00984. The molecule has 4 aliphatic heterocycles. The molecule has 0 spiro atoms. The Kier molecular flexibility index (Phi) is 9.69. The highest BCUT2D eigenvalue weighted by molar-refractivity contribution is 7.00. The van der Waals surface area contributed by atoms with Crippen LogP contribution < -0.4 is 31.1 Å². The number of hydrogen-bond acceptors (Lipinski definition) is 3. The van der Waals surface area contributed by atoms with E-state index >= 15 is 0 Å². The number of hydrogen-bond donors (Lipinski definition) is 1. The molecule has 2 fully saturated rings. The number of para-hydroxylation sites is 2. The van der Waals surface area contributed by atoms with Crippen molar-refractivity contribution in [2.75, 3.05) is 14.7 Å². The summed E-state index contributed by atoms with van der Waals surface area (Å²) in [6, 6.07) is 60.8. The van der Waals surface area contributed by atoms with Crippen molar-refractivity contribution in [3.63, 3.8) is 0 Å². The summed E-state index contributed by atoms with van der Waals surface area (Å²) in [5.74, 6) is 0. The Morgan fingerprint density at radius 1 is 0.458 bits per heavy atom. The van der Waals surface area contributed by atoms with E-state index in [0.29, 0.717) is 0 Å². The van der Waals surface area contributed by atoms with Crippen molar-refractivity contribution in [3.05, 3.63) is 185 Å². The maximum atomic E-state index is 3.91. The Morgan fingerprint density at radius 2 is 1.04 bits per heavy atom. The Balaban J connectivity index is 1.01. The van der Waals surface area contributed by atoms with Crippen LogP contribution in [0.25, 0.3) is 49.5 Å².